The fourth-order valence-corrected chi connectivity index (χ4v) is 0.526. The largest absolute Gasteiger partial charge is 0.104 e. The minimum atomic E-state index is 0.989. The summed E-state index contributed by atoms with van der Waals surface area (Å²) < 4.78 is 0. The minimum absolute atomic E-state index is 0.989. The monoisotopic (exact) mass is 123 g/mol. The second kappa shape index (κ2) is 5.69. The Kier molecular flexibility index (Phi) is 5.41. The third-order valence-corrected chi connectivity index (χ3v) is 1.05. The number of rotatable bonds is 2. The Bertz CT molecular complexity index is 101. The Labute approximate surface area is 58.7 Å². The average molecular weight is 123 g/mol. The molecule has 0 fully saturated rings. The van der Waals surface area contributed by atoms with E-state index in [2.05, 4.69) is 32.6 Å². The molecule has 0 aliphatic heterocycles. The summed E-state index contributed by atoms with van der Waals surface area (Å²) >= 11 is 0. The van der Waals surface area contributed by atoms with Crippen LogP contribution in [0, 0.1) is 17.8 Å². The zero-order chi connectivity index (χ0) is 7.11. The van der Waals surface area contributed by atoms with Crippen molar-refractivity contribution >= 4 is 0 Å². The van der Waals surface area contributed by atoms with Crippen LogP contribution in [-0.2, 0) is 0 Å². The van der Waals surface area contributed by atoms with E-state index >= 15 is 0 Å². The molecule has 0 spiro atoms. The van der Waals surface area contributed by atoms with Crippen LogP contribution in [0.3, 0.4) is 0 Å². The van der Waals surface area contributed by atoms with E-state index in [0.29, 0.717) is 0 Å². The molecule has 0 rings (SSSR count). The van der Waals surface area contributed by atoms with Crippen molar-refractivity contribution in [1.82, 2.24) is 0 Å². The molecule has 0 aliphatic carbocycles. The lowest BCUT2D eigenvalue weighted by Gasteiger charge is -1.95. The molecule has 0 amide bonds. The van der Waals surface area contributed by atoms with Crippen LogP contribution in [-0.4, -0.2) is 0 Å². The summed E-state index contributed by atoms with van der Waals surface area (Å²) in [7, 11) is 0. The van der Waals surface area contributed by atoms with Gasteiger partial charge in [-0.3, -0.25) is 0 Å². The summed E-state index contributed by atoms with van der Waals surface area (Å²) in [6, 6.07) is 0. The van der Waals surface area contributed by atoms with Crippen molar-refractivity contribution in [2.24, 2.45) is 0 Å². The fourth-order valence-electron chi connectivity index (χ4n) is 0.526. The molecule has 0 saturated carbocycles. The topological polar surface area (TPSA) is 0 Å². The van der Waals surface area contributed by atoms with E-state index < -0.39 is 0 Å². The predicted octanol–water partition coefficient (Wildman–Crippen LogP) is 2.79. The zero-order valence-corrected chi connectivity index (χ0v) is 6.62. The lowest BCUT2D eigenvalue weighted by atomic mass is 10.1. The molecule has 51 valence electrons. The van der Waals surface area contributed by atoms with Gasteiger partial charge in [0, 0.05) is 12.8 Å². The molecule has 0 atom stereocenters. The maximum Gasteiger partial charge on any atom is 0.00939 e. The van der Waals surface area contributed by atoms with Crippen LogP contribution in [0.1, 0.15) is 40.0 Å². The molecule has 0 heteroatoms. The summed E-state index contributed by atoms with van der Waals surface area (Å²) in [6.45, 7) is 6.37. The Hall–Kier alpha value is -0.440. The summed E-state index contributed by atoms with van der Waals surface area (Å²) in [5.41, 5.74) is 0. The highest BCUT2D eigenvalue weighted by Crippen LogP contribution is 2.03. The molecule has 0 saturated heterocycles. The van der Waals surface area contributed by atoms with Crippen molar-refractivity contribution in [3.63, 3.8) is 0 Å². The molecular formula is C9H15. The smallest absolute Gasteiger partial charge is 0.00939 e. The van der Waals surface area contributed by atoms with Crippen LogP contribution in [0.4, 0.5) is 0 Å². The predicted molar refractivity (Wildman–Crippen MR) is 41.9 cm³/mol. The van der Waals surface area contributed by atoms with Gasteiger partial charge < -0.3 is 0 Å². The molecule has 0 unspecified atom stereocenters. The summed E-state index contributed by atoms with van der Waals surface area (Å²) in [5, 5.41) is 0. The van der Waals surface area contributed by atoms with Gasteiger partial charge in [-0.2, -0.15) is 0 Å². The second-order valence-electron chi connectivity index (χ2n) is 2.41. The van der Waals surface area contributed by atoms with E-state index in [-0.39, 0.29) is 0 Å². The van der Waals surface area contributed by atoms with Gasteiger partial charge in [-0.25, -0.2) is 0 Å². The molecule has 0 bridgehead atoms. The van der Waals surface area contributed by atoms with Crippen LogP contribution < -0.4 is 0 Å². The average Bonchev–Trinajstić information content (AvgIpc) is 1.80. The SMILES string of the molecule is CCC#CCC[C](C)C. The van der Waals surface area contributed by atoms with Gasteiger partial charge in [0.1, 0.15) is 0 Å². The summed E-state index contributed by atoms with van der Waals surface area (Å²) in [5.74, 6) is 7.61. The first-order valence-electron chi connectivity index (χ1n) is 3.52. The van der Waals surface area contributed by atoms with Crippen LogP contribution in [0.2, 0.25) is 0 Å². The quantitative estimate of drug-likeness (QED) is 0.495. The van der Waals surface area contributed by atoms with Gasteiger partial charge >= 0.3 is 0 Å². The highest BCUT2D eigenvalue weighted by molar-refractivity contribution is 4.99. The Morgan fingerprint density at radius 2 is 1.89 bits per heavy atom. The first-order valence-corrected chi connectivity index (χ1v) is 3.52. The van der Waals surface area contributed by atoms with E-state index in [1.807, 2.05) is 0 Å². The van der Waals surface area contributed by atoms with Gasteiger partial charge in [-0.1, -0.05) is 20.8 Å². The molecule has 0 aromatic heterocycles. The molecule has 0 aromatic carbocycles. The first kappa shape index (κ1) is 8.56. The van der Waals surface area contributed by atoms with E-state index in [9.17, 15) is 0 Å². The third kappa shape index (κ3) is 7.56. The summed E-state index contributed by atoms with van der Waals surface area (Å²) in [4.78, 5) is 0. The van der Waals surface area contributed by atoms with Crippen molar-refractivity contribution in [3.8, 4) is 11.8 Å². The van der Waals surface area contributed by atoms with E-state index in [0.717, 1.165) is 19.3 Å². The molecule has 0 heterocycles. The van der Waals surface area contributed by atoms with E-state index in [1.54, 1.807) is 0 Å². The van der Waals surface area contributed by atoms with Gasteiger partial charge in [0.25, 0.3) is 0 Å². The normalized spacial score (nSPS) is 8.89. The molecule has 0 aliphatic rings. The Balaban J connectivity index is 3.09. The van der Waals surface area contributed by atoms with Gasteiger partial charge in [0.15, 0.2) is 0 Å². The lowest BCUT2D eigenvalue weighted by molar-refractivity contribution is 0.865. The highest BCUT2D eigenvalue weighted by atomic mass is 13.9. The molecular weight excluding hydrogens is 108 g/mol. The Morgan fingerprint density at radius 3 is 2.33 bits per heavy atom. The molecule has 0 aromatic rings. The zero-order valence-electron chi connectivity index (χ0n) is 6.62. The molecule has 0 nitrogen and oxygen atoms in total. The lowest BCUT2D eigenvalue weighted by Crippen LogP contribution is -1.80. The molecule has 9 heavy (non-hydrogen) atoms. The Morgan fingerprint density at radius 1 is 1.22 bits per heavy atom. The fraction of sp³-hybridized carbons (Fsp3) is 0.667. The van der Waals surface area contributed by atoms with Gasteiger partial charge in [-0.15, -0.1) is 11.8 Å². The van der Waals surface area contributed by atoms with Crippen LogP contribution in [0.25, 0.3) is 0 Å². The van der Waals surface area contributed by atoms with E-state index in [4.69, 9.17) is 0 Å². The number of hydrogen-bond acceptors (Lipinski definition) is 0. The highest BCUT2D eigenvalue weighted by Gasteiger charge is 1.88. The van der Waals surface area contributed by atoms with Crippen molar-refractivity contribution in [3.05, 3.63) is 5.92 Å². The van der Waals surface area contributed by atoms with Crippen LogP contribution >= 0.6 is 0 Å². The number of hydrogen-bond donors (Lipinski definition) is 0. The van der Waals surface area contributed by atoms with Crippen LogP contribution in [0.15, 0.2) is 0 Å². The maximum atomic E-state index is 3.10. The minimum Gasteiger partial charge on any atom is -0.104 e. The molecule has 1 radical (unpaired) electrons. The second-order valence-corrected chi connectivity index (χ2v) is 2.41. The van der Waals surface area contributed by atoms with Gasteiger partial charge in [0.05, 0.1) is 0 Å². The van der Waals surface area contributed by atoms with Gasteiger partial charge in [0.2, 0.25) is 0 Å². The third-order valence-electron chi connectivity index (χ3n) is 1.05. The standard InChI is InChI=1S/C9H15/c1-4-5-6-7-8-9(2)3/h4,7-8H2,1-3H3. The summed E-state index contributed by atoms with van der Waals surface area (Å²) in [6.07, 6.45) is 3.19. The van der Waals surface area contributed by atoms with Crippen molar-refractivity contribution in [2.45, 2.75) is 40.0 Å². The van der Waals surface area contributed by atoms with Crippen molar-refractivity contribution in [2.75, 3.05) is 0 Å². The van der Waals surface area contributed by atoms with Gasteiger partial charge in [-0.05, 0) is 12.3 Å². The molecule has 0 N–H and O–H groups in total. The first-order chi connectivity index (χ1) is 4.27. The van der Waals surface area contributed by atoms with E-state index in [1.165, 1.54) is 5.92 Å². The van der Waals surface area contributed by atoms with Crippen LogP contribution in [0.5, 0.6) is 0 Å². The maximum absolute atomic E-state index is 3.10. The van der Waals surface area contributed by atoms with Crippen molar-refractivity contribution in [1.29, 1.82) is 0 Å². The van der Waals surface area contributed by atoms with Crippen molar-refractivity contribution < 1.29 is 0 Å².